The summed E-state index contributed by atoms with van der Waals surface area (Å²) in [5.41, 5.74) is 1.53. The Morgan fingerprint density at radius 3 is 3.09 bits per heavy atom. The summed E-state index contributed by atoms with van der Waals surface area (Å²) in [5, 5.41) is 2.93. The van der Waals surface area contributed by atoms with Crippen LogP contribution in [0.5, 0.6) is 0 Å². The zero-order chi connectivity index (χ0) is 7.68. The van der Waals surface area contributed by atoms with E-state index in [1.54, 1.807) is 6.33 Å². The lowest BCUT2D eigenvalue weighted by molar-refractivity contribution is 1.19. The summed E-state index contributed by atoms with van der Waals surface area (Å²) >= 11 is 0. The van der Waals surface area contributed by atoms with Crippen molar-refractivity contribution in [1.29, 1.82) is 0 Å². The van der Waals surface area contributed by atoms with E-state index < -0.39 is 0 Å². The average molecular weight is 150 g/mol. The van der Waals surface area contributed by atoms with Crippen molar-refractivity contribution in [2.24, 2.45) is 0 Å². The minimum atomic E-state index is 0.685. The first-order valence-electron chi connectivity index (χ1n) is 3.23. The number of aromatic amines is 1. The molecule has 0 amide bonds. The number of fused-ring (bicyclic) bond motifs is 1. The van der Waals surface area contributed by atoms with E-state index in [9.17, 15) is 0 Å². The summed E-state index contributed by atoms with van der Waals surface area (Å²) in [7, 11) is 1.81. The van der Waals surface area contributed by atoms with Gasteiger partial charge in [-0.3, -0.25) is 0 Å². The number of nitrogens with zero attached hydrogens (tertiary/aromatic N) is 3. The highest BCUT2D eigenvalue weighted by atomic mass is 15.1. The van der Waals surface area contributed by atoms with Crippen molar-refractivity contribution in [2.75, 3.05) is 12.4 Å². The number of hydrogen-bond acceptors (Lipinski definition) is 4. The summed E-state index contributed by atoms with van der Waals surface area (Å²) in [6.45, 7) is 0. The summed E-state index contributed by atoms with van der Waals surface area (Å²) in [5.74, 6) is 0.771. The highest BCUT2D eigenvalue weighted by Gasteiger charge is 2.01. The number of H-pyrrole nitrogens is 1. The topological polar surface area (TPSA) is 66.5 Å². The van der Waals surface area contributed by atoms with E-state index in [1.165, 1.54) is 6.33 Å². The van der Waals surface area contributed by atoms with E-state index in [2.05, 4.69) is 25.3 Å². The molecule has 0 aromatic carbocycles. The number of nitrogens with one attached hydrogen (secondary N) is 2. The number of imidazole rings is 1. The van der Waals surface area contributed by atoms with Gasteiger partial charge in [-0.25, -0.2) is 15.0 Å². The van der Waals surface area contributed by atoms with Gasteiger partial charge in [-0.1, -0.05) is 0 Å². The quantitative estimate of drug-likeness (QED) is 0.577. The van der Waals surface area contributed by atoms with Crippen molar-refractivity contribution in [3.8, 4) is 0 Å². The molecular weight excluding hydrogens is 143 g/mol. The van der Waals surface area contributed by atoms with Gasteiger partial charge >= 0.3 is 0 Å². The van der Waals surface area contributed by atoms with Crippen molar-refractivity contribution in [1.82, 2.24) is 19.9 Å². The fourth-order valence-electron chi connectivity index (χ4n) is 0.955. The Morgan fingerprint density at radius 2 is 2.27 bits per heavy atom. The molecule has 0 aliphatic carbocycles. The van der Waals surface area contributed by atoms with Crippen LogP contribution in [0.3, 0.4) is 0 Å². The first-order valence-corrected chi connectivity index (χ1v) is 3.23. The van der Waals surface area contributed by atoms with Crippen LogP contribution in [0.25, 0.3) is 11.2 Å². The molecule has 0 saturated heterocycles. The third-order valence-electron chi connectivity index (χ3n) is 1.46. The second kappa shape index (κ2) is 2.19. The molecule has 0 bridgehead atoms. The van der Waals surface area contributed by atoms with Gasteiger partial charge in [0.2, 0.25) is 0 Å². The zero-order valence-corrected chi connectivity index (χ0v) is 6.00. The van der Waals surface area contributed by atoms with Crippen LogP contribution in [0.15, 0.2) is 12.7 Å². The largest absolute Gasteiger partial charge is 0.371 e. The molecule has 2 rings (SSSR count). The SMILES string of the molecule is [13CH3]Nc1ncnc2nc[nH]c12. The maximum absolute atomic E-state index is 4.00. The maximum Gasteiger partial charge on any atom is 0.182 e. The van der Waals surface area contributed by atoms with E-state index in [0.717, 1.165) is 11.3 Å². The molecule has 2 aromatic heterocycles. The third kappa shape index (κ3) is 0.813. The Hall–Kier alpha value is -1.65. The molecule has 0 unspecified atom stereocenters. The molecule has 0 aliphatic rings. The molecule has 2 aromatic rings. The third-order valence-corrected chi connectivity index (χ3v) is 1.46. The predicted octanol–water partition coefficient (Wildman–Crippen LogP) is 0.395. The van der Waals surface area contributed by atoms with Crippen LogP contribution in [0.2, 0.25) is 0 Å². The van der Waals surface area contributed by atoms with Gasteiger partial charge in [-0.05, 0) is 0 Å². The van der Waals surface area contributed by atoms with Crippen molar-refractivity contribution < 1.29 is 0 Å². The van der Waals surface area contributed by atoms with E-state index in [-0.39, 0.29) is 0 Å². The molecule has 56 valence electrons. The van der Waals surface area contributed by atoms with E-state index in [1.807, 2.05) is 7.05 Å². The number of hydrogen-bond donors (Lipinski definition) is 2. The van der Waals surface area contributed by atoms with Gasteiger partial charge in [0.15, 0.2) is 11.5 Å². The Bertz CT molecular complexity index is 366. The molecule has 0 aliphatic heterocycles. The molecule has 2 heterocycles. The van der Waals surface area contributed by atoms with Gasteiger partial charge in [0.1, 0.15) is 11.8 Å². The molecule has 5 nitrogen and oxygen atoms in total. The van der Waals surface area contributed by atoms with Gasteiger partial charge in [-0.2, -0.15) is 0 Å². The summed E-state index contributed by atoms with van der Waals surface area (Å²) in [6.07, 6.45) is 3.08. The number of aromatic nitrogens is 4. The standard InChI is InChI=1S/C6H7N5/c1-7-5-4-6(10-2-8-4)11-3-9-5/h2-3H,1H3,(H2,7,8,9,10,11)/i1+1. The van der Waals surface area contributed by atoms with E-state index >= 15 is 0 Å². The van der Waals surface area contributed by atoms with Crippen LogP contribution in [0.1, 0.15) is 0 Å². The molecule has 2 N–H and O–H groups in total. The maximum atomic E-state index is 4.00. The van der Waals surface area contributed by atoms with Crippen LogP contribution < -0.4 is 5.32 Å². The molecule has 0 saturated carbocycles. The Labute approximate surface area is 62.9 Å². The molecule has 0 fully saturated rings. The second-order valence-electron chi connectivity index (χ2n) is 2.07. The molecular formula is C6H7N5. The van der Waals surface area contributed by atoms with Crippen LogP contribution in [-0.4, -0.2) is 27.0 Å². The van der Waals surface area contributed by atoms with Gasteiger partial charge < -0.3 is 10.3 Å². The zero-order valence-electron chi connectivity index (χ0n) is 6.00. The molecule has 11 heavy (non-hydrogen) atoms. The van der Waals surface area contributed by atoms with Crippen LogP contribution in [-0.2, 0) is 0 Å². The van der Waals surface area contributed by atoms with Crippen LogP contribution in [0.4, 0.5) is 5.82 Å². The number of rotatable bonds is 1. The fraction of sp³-hybridized carbons (Fsp3) is 0.167. The lowest BCUT2D eigenvalue weighted by Gasteiger charge is -1.96. The highest BCUT2D eigenvalue weighted by Crippen LogP contribution is 2.12. The highest BCUT2D eigenvalue weighted by molar-refractivity contribution is 5.81. The van der Waals surface area contributed by atoms with E-state index in [0.29, 0.717) is 5.65 Å². The minimum Gasteiger partial charge on any atom is -0.371 e. The van der Waals surface area contributed by atoms with Crippen LogP contribution >= 0.6 is 0 Å². The van der Waals surface area contributed by atoms with Gasteiger partial charge in [0, 0.05) is 7.05 Å². The average Bonchev–Trinajstić information content (AvgIpc) is 2.50. The lowest BCUT2D eigenvalue weighted by atomic mass is 10.5. The fourth-order valence-corrected chi connectivity index (χ4v) is 0.955. The van der Waals surface area contributed by atoms with Crippen LogP contribution in [0, 0.1) is 0 Å². The van der Waals surface area contributed by atoms with Crippen molar-refractivity contribution in [3.63, 3.8) is 0 Å². The van der Waals surface area contributed by atoms with Crippen molar-refractivity contribution in [2.45, 2.75) is 0 Å². The predicted molar refractivity (Wildman–Crippen MR) is 41.2 cm³/mol. The molecule has 0 atom stereocenters. The Morgan fingerprint density at radius 1 is 1.36 bits per heavy atom. The van der Waals surface area contributed by atoms with Gasteiger partial charge in [0.25, 0.3) is 0 Å². The summed E-state index contributed by atoms with van der Waals surface area (Å²) in [6, 6.07) is 0. The first kappa shape index (κ1) is 6.09. The molecule has 5 heteroatoms. The Balaban J connectivity index is 2.79. The monoisotopic (exact) mass is 150 g/mol. The summed E-state index contributed by atoms with van der Waals surface area (Å²) < 4.78 is 0. The van der Waals surface area contributed by atoms with Gasteiger partial charge in [-0.15, -0.1) is 0 Å². The smallest absolute Gasteiger partial charge is 0.182 e. The number of anilines is 1. The molecule has 0 radical (unpaired) electrons. The normalized spacial score (nSPS) is 10.3. The second-order valence-corrected chi connectivity index (χ2v) is 2.07. The van der Waals surface area contributed by atoms with Crippen molar-refractivity contribution >= 4 is 17.0 Å². The first-order chi connectivity index (χ1) is 5.42. The lowest BCUT2D eigenvalue weighted by Crippen LogP contribution is -1.93. The van der Waals surface area contributed by atoms with Gasteiger partial charge in [0.05, 0.1) is 6.33 Å². The summed E-state index contributed by atoms with van der Waals surface area (Å²) in [4.78, 5) is 14.9. The minimum absolute atomic E-state index is 0.685. The Kier molecular flexibility index (Phi) is 1.21. The van der Waals surface area contributed by atoms with E-state index in [4.69, 9.17) is 0 Å². The van der Waals surface area contributed by atoms with Crippen molar-refractivity contribution in [3.05, 3.63) is 12.7 Å². The molecule has 0 spiro atoms.